The minimum atomic E-state index is -3.90. The smallest absolute Gasteiger partial charge is 0.254 e. The molecule has 0 fully saturated rings. The lowest BCUT2D eigenvalue weighted by atomic mass is 10.1. The van der Waals surface area contributed by atoms with Crippen molar-refractivity contribution in [1.82, 2.24) is 14.8 Å². The zero-order valence-electron chi connectivity index (χ0n) is 9.18. The van der Waals surface area contributed by atoms with Crippen molar-refractivity contribution in [2.75, 3.05) is 0 Å². The van der Waals surface area contributed by atoms with Gasteiger partial charge in [-0.05, 0) is 12.5 Å². The number of hydrogen-bond acceptors (Lipinski definition) is 5. The molecule has 0 bridgehead atoms. The monoisotopic (exact) mass is 263 g/mol. The van der Waals surface area contributed by atoms with Crippen LogP contribution in [0.5, 0.6) is 0 Å². The molecule has 0 amide bonds. The summed E-state index contributed by atoms with van der Waals surface area (Å²) >= 11 is 0. The summed E-state index contributed by atoms with van der Waals surface area (Å²) in [7, 11) is -3.90. The lowest BCUT2D eigenvalue weighted by Crippen LogP contribution is -2.20. The van der Waals surface area contributed by atoms with Gasteiger partial charge in [-0.1, -0.05) is 12.2 Å². The molecule has 0 radical (unpaired) electrons. The van der Waals surface area contributed by atoms with Crippen LogP contribution >= 0.6 is 0 Å². The van der Waals surface area contributed by atoms with Gasteiger partial charge in [-0.15, -0.1) is 10.2 Å². The Morgan fingerprint density at radius 3 is 3.00 bits per heavy atom. The molecule has 0 saturated carbocycles. The van der Waals surface area contributed by atoms with Gasteiger partial charge in [0.1, 0.15) is 6.33 Å². The second kappa shape index (κ2) is 3.72. The third kappa shape index (κ3) is 1.62. The van der Waals surface area contributed by atoms with Crippen molar-refractivity contribution >= 4 is 21.3 Å². The molecule has 0 unspecified atom stereocenters. The SMILES string of the molecule is NS(=O)(=O)C1=C2CC=CC=C2N=Cc2nncn21. The highest BCUT2D eigenvalue weighted by atomic mass is 32.2. The van der Waals surface area contributed by atoms with Gasteiger partial charge >= 0.3 is 0 Å². The minimum Gasteiger partial charge on any atom is -0.269 e. The Balaban J connectivity index is 2.39. The molecule has 2 N–H and O–H groups in total. The molecule has 2 aliphatic rings. The Morgan fingerprint density at radius 2 is 2.22 bits per heavy atom. The van der Waals surface area contributed by atoms with Crippen molar-refractivity contribution in [1.29, 1.82) is 0 Å². The van der Waals surface area contributed by atoms with Crippen LogP contribution in [-0.4, -0.2) is 29.4 Å². The molecule has 7 nitrogen and oxygen atoms in total. The molecule has 2 heterocycles. The highest BCUT2D eigenvalue weighted by Crippen LogP contribution is 2.30. The van der Waals surface area contributed by atoms with Gasteiger partial charge in [-0.2, -0.15) is 0 Å². The molecule has 1 aromatic heterocycles. The Morgan fingerprint density at radius 1 is 1.39 bits per heavy atom. The second-order valence-corrected chi connectivity index (χ2v) is 5.31. The zero-order valence-corrected chi connectivity index (χ0v) is 10.0. The van der Waals surface area contributed by atoms with Gasteiger partial charge in [0.2, 0.25) is 0 Å². The molecule has 3 rings (SSSR count). The van der Waals surface area contributed by atoms with Crippen LogP contribution in [0.25, 0.3) is 5.03 Å². The van der Waals surface area contributed by atoms with Crippen LogP contribution in [0.4, 0.5) is 0 Å². The van der Waals surface area contributed by atoms with E-state index in [1.165, 1.54) is 17.1 Å². The van der Waals surface area contributed by atoms with Crippen LogP contribution < -0.4 is 5.14 Å². The summed E-state index contributed by atoms with van der Waals surface area (Å²) in [6.07, 6.45) is 8.64. The first-order chi connectivity index (χ1) is 8.57. The molecule has 1 aliphatic heterocycles. The van der Waals surface area contributed by atoms with E-state index in [1.54, 1.807) is 6.08 Å². The number of hydrogen-bond donors (Lipinski definition) is 1. The van der Waals surface area contributed by atoms with E-state index in [9.17, 15) is 8.42 Å². The normalized spacial score (nSPS) is 18.2. The number of aliphatic imine (C=N–C) groups is 1. The number of aromatic nitrogens is 3. The first-order valence-electron chi connectivity index (χ1n) is 5.15. The average Bonchev–Trinajstić information content (AvgIpc) is 2.68. The maximum absolute atomic E-state index is 11.8. The van der Waals surface area contributed by atoms with E-state index in [-0.39, 0.29) is 5.03 Å². The van der Waals surface area contributed by atoms with Crippen molar-refractivity contribution in [2.45, 2.75) is 6.42 Å². The maximum Gasteiger partial charge on any atom is 0.254 e. The van der Waals surface area contributed by atoms with Crippen molar-refractivity contribution in [3.8, 4) is 0 Å². The predicted octanol–water partition coefficient (Wildman–Crippen LogP) is 0.0115. The van der Waals surface area contributed by atoms with Crippen LogP contribution in [0, 0.1) is 0 Å². The summed E-state index contributed by atoms with van der Waals surface area (Å²) in [4.78, 5) is 4.21. The van der Waals surface area contributed by atoms with Crippen molar-refractivity contribution in [3.05, 3.63) is 41.6 Å². The Hall–Kier alpha value is -2.06. The largest absolute Gasteiger partial charge is 0.269 e. The van der Waals surface area contributed by atoms with Crippen molar-refractivity contribution in [2.24, 2.45) is 10.1 Å². The maximum atomic E-state index is 11.8. The van der Waals surface area contributed by atoms with E-state index in [1.807, 2.05) is 12.2 Å². The van der Waals surface area contributed by atoms with E-state index < -0.39 is 10.0 Å². The van der Waals surface area contributed by atoms with Gasteiger partial charge in [0, 0.05) is 5.57 Å². The van der Waals surface area contributed by atoms with Crippen LogP contribution in [0.2, 0.25) is 0 Å². The van der Waals surface area contributed by atoms with E-state index in [0.717, 1.165) is 0 Å². The van der Waals surface area contributed by atoms with Crippen LogP contribution in [0.15, 0.2) is 40.8 Å². The number of primary sulfonamides is 1. The molecule has 0 aromatic carbocycles. The van der Waals surface area contributed by atoms with Crippen molar-refractivity contribution < 1.29 is 8.42 Å². The van der Waals surface area contributed by atoms with Gasteiger partial charge < -0.3 is 0 Å². The van der Waals surface area contributed by atoms with E-state index in [4.69, 9.17) is 5.14 Å². The summed E-state index contributed by atoms with van der Waals surface area (Å²) in [5, 5.41) is 12.8. The summed E-state index contributed by atoms with van der Waals surface area (Å²) in [5.41, 5.74) is 1.13. The molecule has 0 saturated heterocycles. The molecule has 1 aliphatic carbocycles. The number of fused-ring (bicyclic) bond motifs is 2. The number of rotatable bonds is 1. The molecular weight excluding hydrogens is 254 g/mol. The minimum absolute atomic E-state index is 0.0180. The van der Waals surface area contributed by atoms with Crippen LogP contribution in [0.1, 0.15) is 12.2 Å². The zero-order chi connectivity index (χ0) is 12.8. The predicted molar refractivity (Wildman–Crippen MR) is 65.8 cm³/mol. The fourth-order valence-electron chi connectivity index (χ4n) is 1.94. The second-order valence-electron chi connectivity index (χ2n) is 3.83. The van der Waals surface area contributed by atoms with Crippen LogP contribution in [0.3, 0.4) is 0 Å². The lowest BCUT2D eigenvalue weighted by Gasteiger charge is -2.13. The molecule has 1 aromatic rings. The topological polar surface area (TPSA) is 103 Å². The number of allylic oxidation sites excluding steroid dienone is 4. The fourth-order valence-corrected chi connectivity index (χ4v) is 2.88. The molecule has 8 heteroatoms. The standard InChI is InChI=1S/C10H9N5O2S/c11-18(16,17)10-7-3-1-2-4-8(7)12-5-9-14-13-6-15(9)10/h1-2,4-6H,3H2,(H2,11,16,17). The quantitative estimate of drug-likeness (QED) is 0.770. The van der Waals surface area contributed by atoms with Gasteiger partial charge in [0.05, 0.1) is 11.9 Å². The Labute approximate surface area is 103 Å². The van der Waals surface area contributed by atoms with Gasteiger partial charge in [0.25, 0.3) is 10.0 Å². The highest BCUT2D eigenvalue weighted by Gasteiger charge is 2.26. The number of nitrogens with two attached hydrogens (primary N) is 1. The number of nitrogens with zero attached hydrogens (tertiary/aromatic N) is 4. The van der Waals surface area contributed by atoms with Gasteiger partial charge in [-0.3, -0.25) is 9.56 Å². The fraction of sp³-hybridized carbons (Fsp3) is 0.100. The number of sulfonamides is 1. The summed E-state index contributed by atoms with van der Waals surface area (Å²) in [5.74, 6) is 0.335. The highest BCUT2D eigenvalue weighted by molar-refractivity contribution is 7.98. The van der Waals surface area contributed by atoms with E-state index >= 15 is 0 Å². The van der Waals surface area contributed by atoms with E-state index in [2.05, 4.69) is 15.2 Å². The lowest BCUT2D eigenvalue weighted by molar-refractivity contribution is 0.605. The molecule has 18 heavy (non-hydrogen) atoms. The van der Waals surface area contributed by atoms with Crippen molar-refractivity contribution in [3.63, 3.8) is 0 Å². The molecule has 92 valence electrons. The van der Waals surface area contributed by atoms with E-state index in [0.29, 0.717) is 23.5 Å². The third-order valence-corrected chi connectivity index (χ3v) is 3.64. The first-order valence-corrected chi connectivity index (χ1v) is 6.69. The molecule has 0 spiro atoms. The summed E-state index contributed by atoms with van der Waals surface area (Å²) in [6, 6.07) is 0. The summed E-state index contributed by atoms with van der Waals surface area (Å²) < 4.78 is 24.9. The average molecular weight is 263 g/mol. The third-order valence-electron chi connectivity index (χ3n) is 2.66. The Bertz CT molecular complexity index is 736. The first kappa shape index (κ1) is 11.1. The molecule has 0 atom stereocenters. The summed E-state index contributed by atoms with van der Waals surface area (Å²) in [6.45, 7) is 0. The van der Waals surface area contributed by atoms with Crippen LogP contribution in [-0.2, 0) is 10.0 Å². The van der Waals surface area contributed by atoms with Gasteiger partial charge in [0.15, 0.2) is 10.9 Å². The van der Waals surface area contributed by atoms with Gasteiger partial charge in [-0.25, -0.2) is 13.6 Å². The molecular formula is C10H9N5O2S. The Kier molecular flexibility index (Phi) is 2.28.